The van der Waals surface area contributed by atoms with Crippen LogP contribution in [0.5, 0.6) is 17.2 Å². The standard InChI is InChI=1S/C17H16Cl2N2O5/c1-24-13-7-10(8-14(25-2)15(13)26-3)21-17(23)16(22)20-9-4-5-11(18)12(19)6-9/h4-8H,1-3H3,(H,20,22)(H,21,23). The SMILES string of the molecule is COc1cc(NC(=O)C(=O)Nc2ccc(Cl)c(Cl)c2)cc(OC)c1OC. The summed E-state index contributed by atoms with van der Waals surface area (Å²) < 4.78 is 15.6. The Kier molecular flexibility index (Phi) is 6.54. The van der Waals surface area contributed by atoms with E-state index in [4.69, 9.17) is 37.4 Å². The van der Waals surface area contributed by atoms with E-state index >= 15 is 0 Å². The highest BCUT2D eigenvalue weighted by atomic mass is 35.5. The highest BCUT2D eigenvalue weighted by Gasteiger charge is 2.18. The topological polar surface area (TPSA) is 85.9 Å². The summed E-state index contributed by atoms with van der Waals surface area (Å²) in [5.41, 5.74) is 0.637. The Bertz CT molecular complexity index is 817. The molecule has 0 saturated carbocycles. The second-order valence-corrected chi connectivity index (χ2v) is 5.77. The first-order valence-corrected chi connectivity index (χ1v) is 8.02. The molecule has 0 aliphatic carbocycles. The molecule has 0 aliphatic rings. The average molecular weight is 399 g/mol. The Hall–Kier alpha value is -2.64. The molecule has 0 aromatic heterocycles. The van der Waals surface area contributed by atoms with Crippen LogP contribution in [0, 0.1) is 0 Å². The zero-order chi connectivity index (χ0) is 19.3. The molecule has 26 heavy (non-hydrogen) atoms. The molecule has 0 heterocycles. The zero-order valence-electron chi connectivity index (χ0n) is 14.2. The van der Waals surface area contributed by atoms with Gasteiger partial charge in [-0.1, -0.05) is 23.2 Å². The van der Waals surface area contributed by atoms with E-state index < -0.39 is 11.8 Å². The van der Waals surface area contributed by atoms with Crippen molar-refractivity contribution in [2.24, 2.45) is 0 Å². The molecule has 0 spiro atoms. The Morgan fingerprint density at radius 3 is 1.77 bits per heavy atom. The highest BCUT2D eigenvalue weighted by Crippen LogP contribution is 2.39. The summed E-state index contributed by atoms with van der Waals surface area (Å²) in [6, 6.07) is 7.49. The van der Waals surface area contributed by atoms with E-state index in [0.29, 0.717) is 33.6 Å². The fraction of sp³-hybridized carbons (Fsp3) is 0.176. The lowest BCUT2D eigenvalue weighted by atomic mass is 10.2. The summed E-state index contributed by atoms with van der Waals surface area (Å²) in [6.07, 6.45) is 0. The number of carbonyl (C=O) groups is 2. The van der Waals surface area contributed by atoms with Gasteiger partial charge in [0.05, 0.1) is 31.4 Å². The molecule has 0 radical (unpaired) electrons. The van der Waals surface area contributed by atoms with Crippen LogP contribution in [0.2, 0.25) is 10.0 Å². The van der Waals surface area contributed by atoms with Gasteiger partial charge in [-0.25, -0.2) is 0 Å². The van der Waals surface area contributed by atoms with Crippen LogP contribution in [0.15, 0.2) is 30.3 Å². The van der Waals surface area contributed by atoms with Crippen LogP contribution in [-0.2, 0) is 9.59 Å². The summed E-state index contributed by atoms with van der Waals surface area (Å²) >= 11 is 11.7. The van der Waals surface area contributed by atoms with Gasteiger partial charge in [0, 0.05) is 23.5 Å². The number of carbonyl (C=O) groups excluding carboxylic acids is 2. The second-order valence-electron chi connectivity index (χ2n) is 4.95. The lowest BCUT2D eigenvalue weighted by Crippen LogP contribution is -2.29. The van der Waals surface area contributed by atoms with Crippen molar-refractivity contribution in [3.63, 3.8) is 0 Å². The maximum atomic E-state index is 12.1. The minimum atomic E-state index is -0.884. The lowest BCUT2D eigenvalue weighted by molar-refractivity contribution is -0.133. The predicted molar refractivity (Wildman–Crippen MR) is 99.8 cm³/mol. The van der Waals surface area contributed by atoms with Crippen LogP contribution in [0.3, 0.4) is 0 Å². The van der Waals surface area contributed by atoms with Crippen molar-refractivity contribution in [1.82, 2.24) is 0 Å². The van der Waals surface area contributed by atoms with Gasteiger partial charge < -0.3 is 24.8 Å². The molecule has 2 N–H and O–H groups in total. The van der Waals surface area contributed by atoms with E-state index in [0.717, 1.165) is 0 Å². The first-order chi connectivity index (χ1) is 12.4. The molecular formula is C17H16Cl2N2O5. The quantitative estimate of drug-likeness (QED) is 0.751. The fourth-order valence-corrected chi connectivity index (χ4v) is 2.40. The normalized spacial score (nSPS) is 10.0. The van der Waals surface area contributed by atoms with E-state index in [-0.39, 0.29) is 5.02 Å². The molecule has 0 unspecified atom stereocenters. The molecule has 2 rings (SSSR count). The van der Waals surface area contributed by atoms with Crippen molar-refractivity contribution in [3.8, 4) is 17.2 Å². The third-order valence-corrected chi connectivity index (χ3v) is 4.05. The van der Waals surface area contributed by atoms with E-state index in [9.17, 15) is 9.59 Å². The largest absolute Gasteiger partial charge is 0.493 e. The van der Waals surface area contributed by atoms with Gasteiger partial charge in [-0.05, 0) is 18.2 Å². The minimum Gasteiger partial charge on any atom is -0.493 e. The molecule has 2 aromatic rings. The van der Waals surface area contributed by atoms with E-state index in [1.807, 2.05) is 0 Å². The third kappa shape index (κ3) is 4.50. The van der Waals surface area contributed by atoms with Crippen molar-refractivity contribution < 1.29 is 23.8 Å². The number of hydrogen-bond acceptors (Lipinski definition) is 5. The third-order valence-electron chi connectivity index (χ3n) is 3.31. The maximum Gasteiger partial charge on any atom is 0.314 e. The molecule has 0 aliphatic heterocycles. The zero-order valence-corrected chi connectivity index (χ0v) is 15.7. The van der Waals surface area contributed by atoms with E-state index in [2.05, 4.69) is 10.6 Å². The van der Waals surface area contributed by atoms with Gasteiger partial charge in [0.2, 0.25) is 5.75 Å². The highest BCUT2D eigenvalue weighted by molar-refractivity contribution is 6.44. The van der Waals surface area contributed by atoms with Crippen molar-refractivity contribution in [1.29, 1.82) is 0 Å². The smallest absolute Gasteiger partial charge is 0.314 e. The lowest BCUT2D eigenvalue weighted by Gasteiger charge is -2.14. The van der Waals surface area contributed by atoms with Gasteiger partial charge in [0.15, 0.2) is 11.5 Å². The minimum absolute atomic E-state index is 0.259. The van der Waals surface area contributed by atoms with Crippen LogP contribution in [0.25, 0.3) is 0 Å². The van der Waals surface area contributed by atoms with Gasteiger partial charge >= 0.3 is 11.8 Å². The molecule has 7 nitrogen and oxygen atoms in total. The van der Waals surface area contributed by atoms with Crippen molar-refractivity contribution in [2.75, 3.05) is 32.0 Å². The number of ether oxygens (including phenoxy) is 3. The number of amides is 2. The molecule has 0 bridgehead atoms. The Morgan fingerprint density at radius 2 is 1.31 bits per heavy atom. The summed E-state index contributed by atoms with van der Waals surface area (Å²) in [5, 5.41) is 5.49. The van der Waals surface area contributed by atoms with Crippen LogP contribution in [0.4, 0.5) is 11.4 Å². The molecule has 0 atom stereocenters. The van der Waals surface area contributed by atoms with Gasteiger partial charge in [-0.3, -0.25) is 9.59 Å². The Balaban J connectivity index is 2.15. The van der Waals surface area contributed by atoms with Gasteiger partial charge in [0.1, 0.15) is 0 Å². The van der Waals surface area contributed by atoms with Gasteiger partial charge in [-0.2, -0.15) is 0 Å². The fourth-order valence-electron chi connectivity index (χ4n) is 2.10. The predicted octanol–water partition coefficient (Wildman–Crippen LogP) is 3.60. The number of halogens is 2. The second kappa shape index (κ2) is 8.64. The van der Waals surface area contributed by atoms with Crippen molar-refractivity contribution in [3.05, 3.63) is 40.4 Å². The summed E-state index contributed by atoms with van der Waals surface area (Å²) in [5.74, 6) is -0.713. The first kappa shape index (κ1) is 19.7. The maximum absolute atomic E-state index is 12.1. The molecule has 0 fully saturated rings. The van der Waals surface area contributed by atoms with Crippen molar-refractivity contribution >= 4 is 46.4 Å². The average Bonchev–Trinajstić information content (AvgIpc) is 2.63. The van der Waals surface area contributed by atoms with Crippen LogP contribution >= 0.6 is 23.2 Å². The first-order valence-electron chi connectivity index (χ1n) is 7.27. The van der Waals surface area contributed by atoms with Gasteiger partial charge in [0.25, 0.3) is 0 Å². The molecule has 0 saturated heterocycles. The monoisotopic (exact) mass is 398 g/mol. The molecule has 2 aromatic carbocycles. The molecule has 9 heteroatoms. The van der Waals surface area contributed by atoms with Crippen LogP contribution in [0.1, 0.15) is 0 Å². The number of methoxy groups -OCH3 is 3. The van der Waals surface area contributed by atoms with Crippen LogP contribution < -0.4 is 24.8 Å². The van der Waals surface area contributed by atoms with Crippen molar-refractivity contribution in [2.45, 2.75) is 0 Å². The van der Waals surface area contributed by atoms with Crippen LogP contribution in [-0.4, -0.2) is 33.1 Å². The number of anilines is 2. The van der Waals surface area contributed by atoms with E-state index in [1.165, 1.54) is 51.7 Å². The molecule has 2 amide bonds. The number of nitrogens with one attached hydrogen (secondary N) is 2. The summed E-state index contributed by atoms with van der Waals surface area (Å²) in [4.78, 5) is 24.2. The molecular weight excluding hydrogens is 383 g/mol. The Morgan fingerprint density at radius 1 is 0.769 bits per heavy atom. The summed E-state index contributed by atoms with van der Waals surface area (Å²) in [7, 11) is 4.35. The Labute approximate surface area is 160 Å². The van der Waals surface area contributed by atoms with E-state index in [1.54, 1.807) is 0 Å². The van der Waals surface area contributed by atoms with Gasteiger partial charge in [-0.15, -0.1) is 0 Å². The summed E-state index contributed by atoms with van der Waals surface area (Å²) in [6.45, 7) is 0. The number of hydrogen-bond donors (Lipinski definition) is 2. The molecule has 138 valence electrons. The number of benzene rings is 2. The number of rotatable bonds is 5.